The fourth-order valence-electron chi connectivity index (χ4n) is 1.24. The molecule has 0 aromatic heterocycles. The lowest BCUT2D eigenvalue weighted by molar-refractivity contribution is -0.225. The van der Waals surface area contributed by atoms with Gasteiger partial charge < -0.3 is 9.84 Å². The second-order valence-corrected chi connectivity index (χ2v) is 4.05. The lowest BCUT2D eigenvalue weighted by Gasteiger charge is -2.21. The van der Waals surface area contributed by atoms with Crippen molar-refractivity contribution in [3.05, 3.63) is 33.8 Å². The SMILES string of the molecule is O=C(O)CO[C@@H](c1cccc(Cl)c1Cl)C(F)(F)F. The molecule has 0 spiro atoms. The fourth-order valence-corrected chi connectivity index (χ4v) is 1.65. The zero-order valence-corrected chi connectivity index (χ0v) is 10.2. The summed E-state index contributed by atoms with van der Waals surface area (Å²) in [4.78, 5) is 10.3. The molecule has 0 aliphatic carbocycles. The highest BCUT2D eigenvalue weighted by Gasteiger charge is 2.43. The number of carboxylic acids is 1. The molecule has 100 valence electrons. The maximum absolute atomic E-state index is 12.7. The van der Waals surface area contributed by atoms with Gasteiger partial charge in [-0.05, 0) is 6.07 Å². The van der Waals surface area contributed by atoms with Crippen molar-refractivity contribution in [2.45, 2.75) is 12.3 Å². The van der Waals surface area contributed by atoms with Crippen LogP contribution in [0.4, 0.5) is 13.2 Å². The Labute approximate surface area is 110 Å². The van der Waals surface area contributed by atoms with Crippen LogP contribution in [0.3, 0.4) is 0 Å². The first kappa shape index (κ1) is 15.1. The predicted octanol–water partition coefficient (Wildman–Crippen LogP) is 3.70. The van der Waals surface area contributed by atoms with Gasteiger partial charge in [-0.25, -0.2) is 4.79 Å². The Morgan fingerprint density at radius 2 is 2.00 bits per heavy atom. The van der Waals surface area contributed by atoms with Crippen molar-refractivity contribution >= 4 is 29.2 Å². The molecule has 0 aliphatic rings. The number of carbonyl (C=O) groups is 1. The number of rotatable bonds is 4. The van der Waals surface area contributed by atoms with Crippen molar-refractivity contribution < 1.29 is 27.8 Å². The van der Waals surface area contributed by atoms with Crippen molar-refractivity contribution in [1.29, 1.82) is 0 Å². The summed E-state index contributed by atoms with van der Waals surface area (Å²) < 4.78 is 42.6. The molecule has 1 aromatic rings. The van der Waals surface area contributed by atoms with Gasteiger partial charge >= 0.3 is 12.1 Å². The van der Waals surface area contributed by atoms with Crippen LogP contribution in [0.15, 0.2) is 18.2 Å². The smallest absolute Gasteiger partial charge is 0.418 e. The van der Waals surface area contributed by atoms with Crippen molar-refractivity contribution in [3.8, 4) is 0 Å². The second kappa shape index (κ2) is 5.77. The molecule has 0 bridgehead atoms. The van der Waals surface area contributed by atoms with Crippen LogP contribution in [0, 0.1) is 0 Å². The van der Waals surface area contributed by atoms with Crippen molar-refractivity contribution in [2.24, 2.45) is 0 Å². The van der Waals surface area contributed by atoms with Gasteiger partial charge in [0.2, 0.25) is 0 Å². The Balaban J connectivity index is 3.10. The van der Waals surface area contributed by atoms with Crippen LogP contribution < -0.4 is 0 Å². The minimum Gasteiger partial charge on any atom is -0.480 e. The average Bonchev–Trinajstić information content (AvgIpc) is 2.22. The van der Waals surface area contributed by atoms with Gasteiger partial charge in [0.25, 0.3) is 0 Å². The van der Waals surface area contributed by atoms with Crippen LogP contribution in [0.1, 0.15) is 11.7 Å². The molecule has 0 saturated heterocycles. The summed E-state index contributed by atoms with van der Waals surface area (Å²) in [6.45, 7) is -1.09. The van der Waals surface area contributed by atoms with Gasteiger partial charge in [0.1, 0.15) is 6.61 Å². The summed E-state index contributed by atoms with van der Waals surface area (Å²) in [6, 6.07) is 3.67. The maximum Gasteiger partial charge on any atom is 0.418 e. The third kappa shape index (κ3) is 3.76. The van der Waals surface area contributed by atoms with Crippen LogP contribution in [-0.4, -0.2) is 23.9 Å². The van der Waals surface area contributed by atoms with Gasteiger partial charge in [0, 0.05) is 5.56 Å². The van der Waals surface area contributed by atoms with Crippen LogP contribution in [0.5, 0.6) is 0 Å². The zero-order valence-electron chi connectivity index (χ0n) is 8.67. The molecule has 8 heteroatoms. The minimum atomic E-state index is -4.79. The van der Waals surface area contributed by atoms with Gasteiger partial charge in [0.05, 0.1) is 10.0 Å². The average molecular weight is 303 g/mol. The molecule has 1 rings (SSSR count). The Hall–Kier alpha value is -0.980. The minimum absolute atomic E-state index is 0.0673. The molecular weight excluding hydrogens is 296 g/mol. The van der Waals surface area contributed by atoms with Crippen molar-refractivity contribution in [3.63, 3.8) is 0 Å². The lowest BCUT2D eigenvalue weighted by atomic mass is 10.1. The summed E-state index contributed by atoms with van der Waals surface area (Å²) in [7, 11) is 0. The summed E-state index contributed by atoms with van der Waals surface area (Å²) in [6.07, 6.45) is -7.22. The Kier molecular flexibility index (Phi) is 4.84. The number of hydrogen-bond donors (Lipinski definition) is 1. The molecule has 1 atom stereocenters. The normalized spacial score (nSPS) is 13.4. The van der Waals surface area contributed by atoms with Gasteiger partial charge in [-0.2, -0.15) is 13.2 Å². The third-order valence-corrected chi connectivity index (χ3v) is 2.77. The molecule has 0 saturated carbocycles. The number of aliphatic carboxylic acids is 1. The van der Waals surface area contributed by atoms with Gasteiger partial charge in [-0.15, -0.1) is 0 Å². The Bertz CT molecular complexity index is 448. The van der Waals surface area contributed by atoms with E-state index in [0.717, 1.165) is 6.07 Å². The molecule has 0 aliphatic heterocycles. The number of ether oxygens (including phenoxy) is 1. The maximum atomic E-state index is 12.7. The first-order chi connectivity index (χ1) is 8.23. The van der Waals surface area contributed by atoms with E-state index in [4.69, 9.17) is 28.3 Å². The van der Waals surface area contributed by atoms with E-state index in [9.17, 15) is 18.0 Å². The Morgan fingerprint density at radius 1 is 1.39 bits per heavy atom. The van der Waals surface area contributed by atoms with Crippen LogP contribution in [0.25, 0.3) is 0 Å². The van der Waals surface area contributed by atoms with Crippen molar-refractivity contribution in [2.75, 3.05) is 6.61 Å². The van der Waals surface area contributed by atoms with Crippen molar-refractivity contribution in [1.82, 2.24) is 0 Å². The predicted molar refractivity (Wildman–Crippen MR) is 58.8 cm³/mol. The van der Waals surface area contributed by atoms with E-state index in [-0.39, 0.29) is 10.0 Å². The molecule has 0 radical (unpaired) electrons. The van der Waals surface area contributed by atoms with Crippen LogP contribution in [0.2, 0.25) is 10.0 Å². The lowest BCUT2D eigenvalue weighted by Crippen LogP contribution is -2.26. The Morgan fingerprint density at radius 3 is 2.50 bits per heavy atom. The highest BCUT2D eigenvalue weighted by Crippen LogP contribution is 2.40. The second-order valence-electron chi connectivity index (χ2n) is 3.27. The monoisotopic (exact) mass is 302 g/mol. The molecule has 18 heavy (non-hydrogen) atoms. The largest absolute Gasteiger partial charge is 0.480 e. The number of hydrogen-bond acceptors (Lipinski definition) is 2. The van der Waals surface area contributed by atoms with Crippen LogP contribution >= 0.6 is 23.2 Å². The topological polar surface area (TPSA) is 46.5 Å². The molecule has 0 amide bonds. The number of carboxylic acid groups (broad SMARTS) is 1. The van der Waals surface area contributed by atoms with Crippen LogP contribution in [-0.2, 0) is 9.53 Å². The highest BCUT2D eigenvalue weighted by molar-refractivity contribution is 6.42. The van der Waals surface area contributed by atoms with E-state index in [1.165, 1.54) is 12.1 Å². The third-order valence-electron chi connectivity index (χ3n) is 1.93. The first-order valence-electron chi connectivity index (χ1n) is 4.57. The van der Waals surface area contributed by atoms with E-state index >= 15 is 0 Å². The van der Waals surface area contributed by atoms with Gasteiger partial charge in [-0.3, -0.25) is 0 Å². The van der Waals surface area contributed by atoms with Gasteiger partial charge in [0.15, 0.2) is 6.10 Å². The first-order valence-corrected chi connectivity index (χ1v) is 5.33. The number of benzene rings is 1. The molecule has 0 fully saturated rings. The van der Waals surface area contributed by atoms with E-state index in [1.54, 1.807) is 0 Å². The van der Waals surface area contributed by atoms with E-state index in [1.807, 2.05) is 0 Å². The highest BCUT2D eigenvalue weighted by atomic mass is 35.5. The number of alkyl halides is 3. The molecule has 1 aromatic carbocycles. The fraction of sp³-hybridized carbons (Fsp3) is 0.300. The zero-order chi connectivity index (χ0) is 13.9. The quantitative estimate of drug-likeness (QED) is 0.922. The summed E-state index contributed by atoms with van der Waals surface area (Å²) >= 11 is 11.2. The molecule has 1 N–H and O–H groups in total. The summed E-state index contributed by atoms with van der Waals surface area (Å²) in [5.41, 5.74) is -0.419. The molecule has 0 heterocycles. The molecular formula is C10H7Cl2F3O3. The summed E-state index contributed by atoms with van der Waals surface area (Å²) in [5.74, 6) is -1.51. The summed E-state index contributed by atoms with van der Waals surface area (Å²) in [5, 5.41) is 7.97. The van der Waals surface area contributed by atoms with E-state index in [0.29, 0.717) is 0 Å². The molecule has 3 nitrogen and oxygen atoms in total. The van der Waals surface area contributed by atoms with E-state index < -0.39 is 30.4 Å². The molecule has 0 unspecified atom stereocenters. The standard InChI is InChI=1S/C10H7Cl2F3O3/c11-6-3-1-2-5(8(6)12)9(10(13,14)15)18-4-7(16)17/h1-3,9H,4H2,(H,16,17)/t9-/m0/s1. The van der Waals surface area contributed by atoms with Gasteiger partial charge in [-0.1, -0.05) is 35.3 Å². The number of halogens is 5. The van der Waals surface area contributed by atoms with E-state index in [2.05, 4.69) is 4.74 Å².